The summed E-state index contributed by atoms with van der Waals surface area (Å²) in [5.74, 6) is -0.877. The molecule has 0 aromatic heterocycles. The van der Waals surface area contributed by atoms with E-state index >= 15 is 0 Å². The van der Waals surface area contributed by atoms with Crippen LogP contribution in [0.2, 0.25) is 0 Å². The fourth-order valence-electron chi connectivity index (χ4n) is 2.07. The Bertz CT molecular complexity index is 367. The molecule has 0 radical (unpaired) electrons. The minimum Gasteiger partial charge on any atom is -0.481 e. The van der Waals surface area contributed by atoms with Crippen LogP contribution in [0.1, 0.15) is 32.1 Å². The molecule has 100 valence electrons. The Labute approximate surface area is 102 Å². The summed E-state index contributed by atoms with van der Waals surface area (Å²) in [5.41, 5.74) is 0. The van der Waals surface area contributed by atoms with Crippen LogP contribution in [0.5, 0.6) is 0 Å². The van der Waals surface area contributed by atoms with E-state index in [1.54, 1.807) is 0 Å². The van der Waals surface area contributed by atoms with Crippen molar-refractivity contribution in [3.63, 3.8) is 0 Å². The molecule has 1 fully saturated rings. The molecule has 0 aromatic rings. The van der Waals surface area contributed by atoms with Gasteiger partial charge in [-0.3, -0.25) is 4.79 Å². The van der Waals surface area contributed by atoms with Crippen LogP contribution >= 0.6 is 0 Å². The number of carboxylic acid groups (broad SMARTS) is 1. The average Bonchev–Trinajstić information content (AvgIpc) is 2.26. The maximum absolute atomic E-state index is 12.0. The number of carbonyl (C=O) groups is 1. The molecular weight excluding hydrogens is 244 g/mol. The third-order valence-electron chi connectivity index (χ3n) is 3.02. The van der Waals surface area contributed by atoms with Gasteiger partial charge < -0.3 is 5.11 Å². The standard InChI is InChI=1S/C10H20N2O4S/c1-11(2)17(15,16)12-8-4-3-5-9(12)6-7-10(13)14/h9H,3-8H2,1-2H3,(H,13,14). The lowest BCUT2D eigenvalue weighted by Gasteiger charge is -2.36. The van der Waals surface area contributed by atoms with Gasteiger partial charge in [0.15, 0.2) is 0 Å². The van der Waals surface area contributed by atoms with Crippen molar-refractivity contribution in [1.29, 1.82) is 0 Å². The van der Waals surface area contributed by atoms with E-state index in [0.717, 1.165) is 19.3 Å². The van der Waals surface area contributed by atoms with Crippen molar-refractivity contribution in [3.8, 4) is 0 Å². The largest absolute Gasteiger partial charge is 0.481 e. The van der Waals surface area contributed by atoms with E-state index in [2.05, 4.69) is 0 Å². The number of carboxylic acids is 1. The van der Waals surface area contributed by atoms with Crippen molar-refractivity contribution < 1.29 is 18.3 Å². The Morgan fingerprint density at radius 2 is 2.06 bits per heavy atom. The molecule has 0 aliphatic carbocycles. The van der Waals surface area contributed by atoms with E-state index < -0.39 is 16.2 Å². The zero-order valence-electron chi connectivity index (χ0n) is 10.3. The summed E-state index contributed by atoms with van der Waals surface area (Å²) >= 11 is 0. The molecule has 17 heavy (non-hydrogen) atoms. The fourth-order valence-corrected chi connectivity index (χ4v) is 3.43. The second kappa shape index (κ2) is 5.79. The zero-order valence-corrected chi connectivity index (χ0v) is 11.1. The fraction of sp³-hybridized carbons (Fsp3) is 0.900. The lowest BCUT2D eigenvalue weighted by atomic mass is 10.0. The minimum absolute atomic E-state index is 0.0180. The van der Waals surface area contributed by atoms with Gasteiger partial charge in [-0.15, -0.1) is 0 Å². The first-order valence-corrected chi connectivity index (χ1v) is 7.16. The Hall–Kier alpha value is -0.660. The SMILES string of the molecule is CN(C)S(=O)(=O)N1CCCCC1CCC(=O)O. The first kappa shape index (κ1) is 14.4. The maximum Gasteiger partial charge on any atom is 0.303 e. The molecular formula is C10H20N2O4S. The molecule has 7 heteroatoms. The van der Waals surface area contributed by atoms with Crippen LogP contribution in [0.15, 0.2) is 0 Å². The highest BCUT2D eigenvalue weighted by Gasteiger charge is 2.33. The molecule has 0 aromatic carbocycles. The van der Waals surface area contributed by atoms with Gasteiger partial charge in [0.05, 0.1) is 0 Å². The van der Waals surface area contributed by atoms with Crippen molar-refractivity contribution >= 4 is 16.2 Å². The lowest BCUT2D eigenvalue weighted by Crippen LogP contribution is -2.48. The predicted octanol–water partition coefficient (Wildman–Crippen LogP) is 0.512. The molecule has 1 heterocycles. The van der Waals surface area contributed by atoms with Crippen LogP contribution < -0.4 is 0 Å². The van der Waals surface area contributed by atoms with Crippen molar-refractivity contribution in [2.24, 2.45) is 0 Å². The first-order valence-electron chi connectivity index (χ1n) is 5.77. The topological polar surface area (TPSA) is 77.9 Å². The molecule has 1 unspecified atom stereocenters. The van der Waals surface area contributed by atoms with Gasteiger partial charge in [-0.1, -0.05) is 6.42 Å². The monoisotopic (exact) mass is 264 g/mol. The van der Waals surface area contributed by atoms with Crippen molar-refractivity contribution in [2.75, 3.05) is 20.6 Å². The number of hydrogen-bond acceptors (Lipinski definition) is 3. The molecule has 1 atom stereocenters. The third kappa shape index (κ3) is 3.65. The highest BCUT2D eigenvalue weighted by molar-refractivity contribution is 7.86. The first-order chi connectivity index (χ1) is 7.85. The van der Waals surface area contributed by atoms with E-state index in [0.29, 0.717) is 13.0 Å². The lowest BCUT2D eigenvalue weighted by molar-refractivity contribution is -0.137. The van der Waals surface area contributed by atoms with Gasteiger partial charge in [-0.2, -0.15) is 17.0 Å². The summed E-state index contributed by atoms with van der Waals surface area (Å²) in [5, 5.41) is 8.66. The van der Waals surface area contributed by atoms with E-state index in [-0.39, 0.29) is 12.5 Å². The summed E-state index contributed by atoms with van der Waals surface area (Å²) in [6.07, 6.45) is 2.97. The molecule has 0 bridgehead atoms. The van der Waals surface area contributed by atoms with Gasteiger partial charge >= 0.3 is 5.97 Å². The quantitative estimate of drug-likeness (QED) is 0.785. The average molecular weight is 264 g/mol. The summed E-state index contributed by atoms with van der Waals surface area (Å²) in [7, 11) is -0.427. The number of aliphatic carboxylic acids is 1. The molecule has 1 rings (SSSR count). The minimum atomic E-state index is -3.42. The van der Waals surface area contributed by atoms with E-state index in [1.807, 2.05) is 0 Å². The van der Waals surface area contributed by atoms with Crippen molar-refractivity contribution in [2.45, 2.75) is 38.1 Å². The Balaban J connectivity index is 2.76. The summed E-state index contributed by atoms with van der Waals surface area (Å²) in [6.45, 7) is 0.491. The van der Waals surface area contributed by atoms with Crippen LogP contribution in [0.4, 0.5) is 0 Å². The van der Waals surface area contributed by atoms with E-state index in [9.17, 15) is 13.2 Å². The highest BCUT2D eigenvalue weighted by Crippen LogP contribution is 2.24. The molecule has 6 nitrogen and oxygen atoms in total. The number of rotatable bonds is 5. The van der Waals surface area contributed by atoms with Gasteiger partial charge in [0, 0.05) is 33.1 Å². The number of nitrogens with zero attached hydrogens (tertiary/aromatic N) is 2. The predicted molar refractivity (Wildman–Crippen MR) is 63.8 cm³/mol. The van der Waals surface area contributed by atoms with Crippen molar-refractivity contribution in [1.82, 2.24) is 8.61 Å². The second-order valence-electron chi connectivity index (χ2n) is 4.48. The maximum atomic E-state index is 12.0. The Morgan fingerprint density at radius 3 is 2.59 bits per heavy atom. The van der Waals surface area contributed by atoms with Gasteiger partial charge in [-0.25, -0.2) is 0 Å². The van der Waals surface area contributed by atoms with Gasteiger partial charge in [0.25, 0.3) is 10.2 Å². The van der Waals surface area contributed by atoms with Gasteiger partial charge in [-0.05, 0) is 19.3 Å². The van der Waals surface area contributed by atoms with Crippen molar-refractivity contribution in [3.05, 3.63) is 0 Å². The Morgan fingerprint density at radius 1 is 1.41 bits per heavy atom. The Kier molecular flexibility index (Phi) is 4.91. The number of piperidine rings is 1. The second-order valence-corrected chi connectivity index (χ2v) is 6.58. The molecule has 0 saturated carbocycles. The van der Waals surface area contributed by atoms with Crippen LogP contribution in [0, 0.1) is 0 Å². The summed E-state index contributed by atoms with van der Waals surface area (Å²) in [4.78, 5) is 10.6. The van der Waals surface area contributed by atoms with E-state index in [1.165, 1.54) is 22.7 Å². The van der Waals surface area contributed by atoms with Crippen LogP contribution in [0.3, 0.4) is 0 Å². The summed E-state index contributed by atoms with van der Waals surface area (Å²) in [6, 6.07) is -0.174. The molecule has 0 spiro atoms. The van der Waals surface area contributed by atoms with Gasteiger partial charge in [0.1, 0.15) is 0 Å². The smallest absolute Gasteiger partial charge is 0.303 e. The molecule has 1 aliphatic rings. The summed E-state index contributed by atoms with van der Waals surface area (Å²) < 4.78 is 26.7. The molecule has 1 saturated heterocycles. The van der Waals surface area contributed by atoms with Crippen LogP contribution in [-0.2, 0) is 15.0 Å². The molecule has 0 amide bonds. The van der Waals surface area contributed by atoms with Gasteiger partial charge in [0.2, 0.25) is 0 Å². The third-order valence-corrected chi connectivity index (χ3v) is 5.02. The zero-order chi connectivity index (χ0) is 13.1. The number of hydrogen-bond donors (Lipinski definition) is 1. The van der Waals surface area contributed by atoms with Crippen LogP contribution in [-0.4, -0.2) is 54.8 Å². The molecule has 1 N–H and O–H groups in total. The normalized spacial score (nSPS) is 22.9. The highest BCUT2D eigenvalue weighted by atomic mass is 32.2. The molecule has 1 aliphatic heterocycles. The van der Waals surface area contributed by atoms with E-state index in [4.69, 9.17) is 5.11 Å². The van der Waals surface area contributed by atoms with Crippen LogP contribution in [0.25, 0.3) is 0 Å².